The smallest absolute Gasteiger partial charge is 0.249 e. The molecule has 0 aromatic heterocycles. The third kappa shape index (κ3) is 33.6. The second-order valence-corrected chi connectivity index (χ2v) is 14.9. The summed E-state index contributed by atoms with van der Waals surface area (Å²) in [5, 5.41) is 33.3. The van der Waals surface area contributed by atoms with Crippen molar-refractivity contribution in [3.05, 3.63) is 12.2 Å². The summed E-state index contributed by atoms with van der Waals surface area (Å²) in [6.07, 6.45) is 44.9. The number of hydrogen-bond acceptors (Lipinski definition) is 4. The molecule has 1 amide bonds. The van der Waals surface area contributed by atoms with E-state index in [4.69, 9.17) is 0 Å². The maximum absolute atomic E-state index is 12.5. The van der Waals surface area contributed by atoms with Gasteiger partial charge in [0.15, 0.2) is 0 Å². The van der Waals surface area contributed by atoms with Crippen LogP contribution >= 0.6 is 0 Å². The van der Waals surface area contributed by atoms with Gasteiger partial charge in [0.05, 0.1) is 18.8 Å². The molecule has 4 N–H and O–H groups in total. The largest absolute Gasteiger partial charge is 0.394 e. The van der Waals surface area contributed by atoms with E-state index in [2.05, 4.69) is 31.3 Å². The summed E-state index contributed by atoms with van der Waals surface area (Å²) in [4.78, 5) is 12.5. The van der Waals surface area contributed by atoms with Gasteiger partial charge >= 0.3 is 0 Å². The fourth-order valence-corrected chi connectivity index (χ4v) is 6.72. The Morgan fingerprint density at radius 2 is 0.792 bits per heavy atom. The molecule has 0 heterocycles. The molecule has 0 aliphatic carbocycles. The molecule has 0 saturated heterocycles. The molecule has 5 nitrogen and oxygen atoms in total. The molecular weight excluding hydrogens is 594 g/mol. The van der Waals surface area contributed by atoms with Crippen LogP contribution in [0.15, 0.2) is 12.2 Å². The zero-order valence-corrected chi connectivity index (χ0v) is 32.4. The molecule has 286 valence electrons. The molecule has 0 radical (unpaired) electrons. The molecule has 0 rings (SSSR count). The first-order valence-electron chi connectivity index (χ1n) is 21.5. The van der Waals surface area contributed by atoms with Crippen molar-refractivity contribution in [1.29, 1.82) is 0 Å². The van der Waals surface area contributed by atoms with Crippen LogP contribution in [-0.2, 0) is 4.79 Å². The van der Waals surface area contributed by atoms with Crippen LogP contribution in [0, 0.1) is 0 Å². The molecule has 0 aromatic carbocycles. The first kappa shape index (κ1) is 47.1. The van der Waals surface area contributed by atoms with Gasteiger partial charge in [0.1, 0.15) is 6.10 Å². The second kappa shape index (κ2) is 38.9. The minimum Gasteiger partial charge on any atom is -0.394 e. The molecule has 0 aliphatic heterocycles. The minimum absolute atomic E-state index is 0.313. The summed E-state index contributed by atoms with van der Waals surface area (Å²) >= 11 is 0. The number of carbonyl (C=O) groups is 1. The third-order valence-corrected chi connectivity index (χ3v) is 10.1. The average molecular weight is 680 g/mol. The summed E-state index contributed by atoms with van der Waals surface area (Å²) in [5.41, 5.74) is 0. The number of nitrogens with one attached hydrogen (secondary N) is 1. The van der Waals surface area contributed by atoms with Gasteiger partial charge in [-0.3, -0.25) is 4.79 Å². The summed E-state index contributed by atoms with van der Waals surface area (Å²) in [6.45, 7) is 4.24. The van der Waals surface area contributed by atoms with Crippen molar-refractivity contribution in [2.45, 2.75) is 250 Å². The van der Waals surface area contributed by atoms with E-state index < -0.39 is 24.2 Å². The molecule has 0 spiro atoms. The summed E-state index contributed by atoms with van der Waals surface area (Å²) in [6, 6.07) is -0.710. The SMILES string of the molecule is CCCCCCCCCC/C=C\CCCCCCCCC(O)C(=O)NC(CO)C(O)CCCCCCCCCCCCCCCCCC. The van der Waals surface area contributed by atoms with Gasteiger partial charge in [0.25, 0.3) is 0 Å². The predicted octanol–water partition coefficient (Wildman–Crippen LogP) is 12.0. The number of carbonyl (C=O) groups excluding carboxylic acids is 1. The number of aliphatic hydroxyl groups is 3. The van der Waals surface area contributed by atoms with E-state index in [1.54, 1.807) is 0 Å². The van der Waals surface area contributed by atoms with E-state index in [0.717, 1.165) is 32.1 Å². The maximum atomic E-state index is 12.5. The highest BCUT2D eigenvalue weighted by Gasteiger charge is 2.23. The Morgan fingerprint density at radius 1 is 0.479 bits per heavy atom. The molecule has 0 fully saturated rings. The zero-order chi connectivity index (χ0) is 35.2. The molecule has 0 aliphatic rings. The summed E-state index contributed by atoms with van der Waals surface area (Å²) in [5.74, 6) is -0.473. The van der Waals surface area contributed by atoms with Crippen LogP contribution in [0.4, 0.5) is 0 Å². The van der Waals surface area contributed by atoms with E-state index in [1.807, 2.05) is 0 Å². The molecule has 0 saturated carbocycles. The lowest BCUT2D eigenvalue weighted by Crippen LogP contribution is -2.49. The highest BCUT2D eigenvalue weighted by atomic mass is 16.3. The van der Waals surface area contributed by atoms with Gasteiger partial charge in [0, 0.05) is 0 Å². The lowest BCUT2D eigenvalue weighted by atomic mass is 10.0. The fourth-order valence-electron chi connectivity index (χ4n) is 6.72. The van der Waals surface area contributed by atoms with Gasteiger partial charge in [-0.2, -0.15) is 0 Å². The first-order chi connectivity index (χ1) is 23.6. The molecule has 5 heteroatoms. The van der Waals surface area contributed by atoms with Gasteiger partial charge in [-0.15, -0.1) is 0 Å². The van der Waals surface area contributed by atoms with Crippen molar-refractivity contribution in [2.75, 3.05) is 6.61 Å². The van der Waals surface area contributed by atoms with Crippen molar-refractivity contribution >= 4 is 5.91 Å². The van der Waals surface area contributed by atoms with Crippen LogP contribution in [0.3, 0.4) is 0 Å². The van der Waals surface area contributed by atoms with E-state index in [-0.39, 0.29) is 6.61 Å². The first-order valence-corrected chi connectivity index (χ1v) is 21.5. The molecule has 0 bridgehead atoms. The second-order valence-electron chi connectivity index (χ2n) is 14.9. The molecule has 3 unspecified atom stereocenters. The quantitative estimate of drug-likeness (QED) is 0.0384. The van der Waals surface area contributed by atoms with E-state index in [9.17, 15) is 20.1 Å². The average Bonchev–Trinajstić information content (AvgIpc) is 3.09. The highest BCUT2D eigenvalue weighted by Crippen LogP contribution is 2.16. The van der Waals surface area contributed by atoms with Gasteiger partial charge in [0.2, 0.25) is 5.91 Å². The van der Waals surface area contributed by atoms with Crippen molar-refractivity contribution < 1.29 is 20.1 Å². The Kier molecular flexibility index (Phi) is 38.1. The molecule has 0 aromatic rings. The van der Waals surface area contributed by atoms with Crippen LogP contribution in [0.2, 0.25) is 0 Å². The number of unbranched alkanes of at least 4 members (excludes halogenated alkanes) is 29. The summed E-state index contributed by atoms with van der Waals surface area (Å²) in [7, 11) is 0. The van der Waals surface area contributed by atoms with Crippen LogP contribution in [0.1, 0.15) is 232 Å². The number of aliphatic hydroxyl groups excluding tert-OH is 3. The van der Waals surface area contributed by atoms with Crippen molar-refractivity contribution in [2.24, 2.45) is 0 Å². The Labute approximate surface area is 299 Å². The zero-order valence-electron chi connectivity index (χ0n) is 32.4. The molecular formula is C43H85NO4. The fraction of sp³-hybridized carbons (Fsp3) is 0.930. The predicted molar refractivity (Wildman–Crippen MR) is 208 cm³/mol. The minimum atomic E-state index is -1.08. The normalized spacial score (nSPS) is 13.7. The van der Waals surface area contributed by atoms with E-state index in [1.165, 1.54) is 173 Å². The highest BCUT2D eigenvalue weighted by molar-refractivity contribution is 5.80. The number of hydrogen-bond donors (Lipinski definition) is 4. The number of rotatable bonds is 39. The van der Waals surface area contributed by atoms with Crippen LogP contribution in [0.5, 0.6) is 0 Å². The Bertz CT molecular complexity index is 669. The third-order valence-electron chi connectivity index (χ3n) is 10.1. The maximum Gasteiger partial charge on any atom is 0.249 e. The Hall–Kier alpha value is -0.910. The lowest BCUT2D eigenvalue weighted by molar-refractivity contribution is -0.131. The number of amides is 1. The van der Waals surface area contributed by atoms with Crippen LogP contribution < -0.4 is 5.32 Å². The Balaban J connectivity index is 3.63. The van der Waals surface area contributed by atoms with E-state index in [0.29, 0.717) is 12.8 Å². The van der Waals surface area contributed by atoms with Crippen LogP contribution in [0.25, 0.3) is 0 Å². The van der Waals surface area contributed by atoms with Crippen molar-refractivity contribution in [3.63, 3.8) is 0 Å². The monoisotopic (exact) mass is 680 g/mol. The topological polar surface area (TPSA) is 89.8 Å². The van der Waals surface area contributed by atoms with Crippen LogP contribution in [-0.4, -0.2) is 46.1 Å². The Morgan fingerprint density at radius 3 is 1.15 bits per heavy atom. The van der Waals surface area contributed by atoms with Crippen molar-refractivity contribution in [1.82, 2.24) is 5.32 Å². The van der Waals surface area contributed by atoms with Gasteiger partial charge in [-0.1, -0.05) is 206 Å². The molecule has 48 heavy (non-hydrogen) atoms. The van der Waals surface area contributed by atoms with E-state index >= 15 is 0 Å². The van der Waals surface area contributed by atoms with Gasteiger partial charge in [-0.05, 0) is 38.5 Å². The number of allylic oxidation sites excluding steroid dienone is 2. The summed E-state index contributed by atoms with van der Waals surface area (Å²) < 4.78 is 0. The van der Waals surface area contributed by atoms with Gasteiger partial charge in [-0.25, -0.2) is 0 Å². The van der Waals surface area contributed by atoms with Crippen molar-refractivity contribution in [3.8, 4) is 0 Å². The molecule has 3 atom stereocenters. The standard InChI is InChI=1S/C43H85NO4/c1-3-5-7-9-11-13-15-17-19-21-22-24-26-28-30-32-34-36-38-42(47)43(48)44-40(39-45)41(46)37-35-33-31-29-27-25-23-20-18-16-14-12-10-8-6-4-2/h21-22,40-42,45-47H,3-20,23-39H2,1-2H3,(H,44,48)/b22-21-. The lowest BCUT2D eigenvalue weighted by Gasteiger charge is -2.23. The van der Waals surface area contributed by atoms with Gasteiger partial charge < -0.3 is 20.6 Å².